The summed E-state index contributed by atoms with van der Waals surface area (Å²) >= 11 is 0. The third-order valence-corrected chi connectivity index (χ3v) is 2.44. The first kappa shape index (κ1) is 8.69. The lowest BCUT2D eigenvalue weighted by atomic mass is 10.1. The van der Waals surface area contributed by atoms with Crippen molar-refractivity contribution >= 4 is 0 Å². The Bertz CT molecular complexity index is 266. The smallest absolute Gasteiger partial charge is 0.163 e. The summed E-state index contributed by atoms with van der Waals surface area (Å²) in [5, 5.41) is 12.5. The largest absolute Gasteiger partial charge is 0.365 e. The van der Waals surface area contributed by atoms with Gasteiger partial charge < -0.3 is 5.11 Å². The minimum absolute atomic E-state index is 0.251. The van der Waals surface area contributed by atoms with E-state index >= 15 is 0 Å². The fourth-order valence-corrected chi connectivity index (χ4v) is 1.63. The van der Waals surface area contributed by atoms with E-state index in [1.165, 1.54) is 5.56 Å². The maximum absolute atomic E-state index is 9.44. The van der Waals surface area contributed by atoms with Crippen LogP contribution in [0.25, 0.3) is 0 Å². The molecule has 0 radical (unpaired) electrons. The van der Waals surface area contributed by atoms with E-state index < -0.39 is 6.35 Å². The summed E-state index contributed by atoms with van der Waals surface area (Å²) in [6, 6.07) is 10.4. The zero-order chi connectivity index (χ0) is 9.26. The van der Waals surface area contributed by atoms with Crippen molar-refractivity contribution < 1.29 is 5.11 Å². The predicted molar refractivity (Wildman–Crippen MR) is 51.0 cm³/mol. The standard InChI is InChI=1S/C10H14N2O/c1-12-7-9(11-10(12)13)8-5-3-2-4-6-8/h2-6,9-11,13H,7H2,1H3/t9-,10?/m1/s1. The maximum Gasteiger partial charge on any atom is 0.163 e. The van der Waals surface area contributed by atoms with Gasteiger partial charge in [-0.05, 0) is 12.6 Å². The lowest BCUT2D eigenvalue weighted by Crippen LogP contribution is -2.32. The van der Waals surface area contributed by atoms with Crippen LogP contribution in [0.1, 0.15) is 11.6 Å². The topological polar surface area (TPSA) is 35.5 Å². The summed E-state index contributed by atoms with van der Waals surface area (Å²) in [6.07, 6.45) is -0.509. The summed E-state index contributed by atoms with van der Waals surface area (Å²) in [4.78, 5) is 1.89. The molecular formula is C10H14N2O. The first-order valence-electron chi connectivity index (χ1n) is 4.46. The monoisotopic (exact) mass is 178 g/mol. The van der Waals surface area contributed by atoms with Gasteiger partial charge >= 0.3 is 0 Å². The number of hydrogen-bond donors (Lipinski definition) is 2. The zero-order valence-electron chi connectivity index (χ0n) is 7.64. The molecule has 0 saturated carbocycles. The third-order valence-electron chi connectivity index (χ3n) is 2.44. The molecule has 13 heavy (non-hydrogen) atoms. The molecule has 0 bridgehead atoms. The molecule has 1 saturated heterocycles. The van der Waals surface area contributed by atoms with E-state index in [1.54, 1.807) is 0 Å². The molecule has 0 amide bonds. The van der Waals surface area contributed by atoms with Gasteiger partial charge in [0.25, 0.3) is 0 Å². The number of rotatable bonds is 1. The Hall–Kier alpha value is -0.900. The highest BCUT2D eigenvalue weighted by Gasteiger charge is 2.27. The normalized spacial score (nSPS) is 29.4. The molecule has 3 heteroatoms. The van der Waals surface area contributed by atoms with Gasteiger partial charge in [0, 0.05) is 12.6 Å². The minimum Gasteiger partial charge on any atom is -0.365 e. The molecule has 1 aliphatic rings. The van der Waals surface area contributed by atoms with Crippen molar-refractivity contribution in [1.82, 2.24) is 10.2 Å². The second-order valence-corrected chi connectivity index (χ2v) is 3.44. The predicted octanol–water partition coefficient (Wildman–Crippen LogP) is 0.539. The lowest BCUT2D eigenvalue weighted by Gasteiger charge is -2.10. The third kappa shape index (κ3) is 1.72. The molecule has 1 aromatic carbocycles. The van der Waals surface area contributed by atoms with E-state index in [-0.39, 0.29) is 6.04 Å². The summed E-state index contributed by atoms with van der Waals surface area (Å²) in [7, 11) is 1.90. The number of hydrogen-bond acceptors (Lipinski definition) is 3. The van der Waals surface area contributed by atoms with Crippen LogP contribution in [0.15, 0.2) is 30.3 Å². The van der Waals surface area contributed by atoms with Gasteiger partial charge in [0.05, 0.1) is 0 Å². The van der Waals surface area contributed by atoms with Gasteiger partial charge in [-0.15, -0.1) is 0 Å². The van der Waals surface area contributed by atoms with E-state index in [9.17, 15) is 5.11 Å². The van der Waals surface area contributed by atoms with Crippen LogP contribution in [0, 0.1) is 0 Å². The van der Waals surface area contributed by atoms with Crippen LogP contribution in [0.5, 0.6) is 0 Å². The summed E-state index contributed by atoms with van der Waals surface area (Å²) in [5.74, 6) is 0. The van der Waals surface area contributed by atoms with Gasteiger partial charge in [-0.1, -0.05) is 30.3 Å². The van der Waals surface area contributed by atoms with Crippen molar-refractivity contribution in [3.63, 3.8) is 0 Å². The number of likely N-dealkylation sites (N-methyl/N-ethyl adjacent to an activating group) is 1. The molecule has 2 rings (SSSR count). The summed E-state index contributed by atoms with van der Waals surface area (Å²) in [6.45, 7) is 0.852. The van der Waals surface area contributed by atoms with Gasteiger partial charge in [-0.25, -0.2) is 0 Å². The molecule has 1 unspecified atom stereocenters. The van der Waals surface area contributed by atoms with E-state index in [1.807, 2.05) is 30.1 Å². The van der Waals surface area contributed by atoms with Crippen molar-refractivity contribution in [3.8, 4) is 0 Å². The van der Waals surface area contributed by atoms with E-state index in [4.69, 9.17) is 0 Å². The Morgan fingerprint density at radius 2 is 2.08 bits per heavy atom. The average molecular weight is 178 g/mol. The maximum atomic E-state index is 9.44. The number of benzene rings is 1. The van der Waals surface area contributed by atoms with E-state index in [2.05, 4.69) is 17.4 Å². The number of nitrogens with zero attached hydrogens (tertiary/aromatic N) is 1. The Balaban J connectivity index is 2.12. The SMILES string of the molecule is CN1C[C@H](c2ccccc2)NC1O. The second kappa shape index (κ2) is 3.46. The van der Waals surface area contributed by atoms with Crippen molar-refractivity contribution in [2.45, 2.75) is 12.4 Å². The second-order valence-electron chi connectivity index (χ2n) is 3.44. The van der Waals surface area contributed by atoms with E-state index in [0.29, 0.717) is 0 Å². The number of aliphatic hydroxyl groups is 1. The summed E-state index contributed by atoms with van der Waals surface area (Å²) < 4.78 is 0. The van der Waals surface area contributed by atoms with Gasteiger partial charge in [0.2, 0.25) is 0 Å². The molecule has 1 aromatic rings. The van der Waals surface area contributed by atoms with Crippen molar-refractivity contribution in [3.05, 3.63) is 35.9 Å². The number of aliphatic hydroxyl groups excluding tert-OH is 1. The van der Waals surface area contributed by atoms with Crippen LogP contribution in [0.3, 0.4) is 0 Å². The lowest BCUT2D eigenvalue weighted by molar-refractivity contribution is 0.0391. The molecule has 3 nitrogen and oxygen atoms in total. The highest BCUT2D eigenvalue weighted by molar-refractivity contribution is 5.20. The molecule has 2 N–H and O–H groups in total. The number of nitrogens with one attached hydrogen (secondary N) is 1. The quantitative estimate of drug-likeness (QED) is 0.659. The molecule has 70 valence electrons. The van der Waals surface area contributed by atoms with Crippen LogP contribution in [-0.4, -0.2) is 30.0 Å². The molecule has 1 heterocycles. The zero-order valence-corrected chi connectivity index (χ0v) is 7.64. The van der Waals surface area contributed by atoms with Crippen LogP contribution >= 0.6 is 0 Å². The fraction of sp³-hybridized carbons (Fsp3) is 0.400. The molecular weight excluding hydrogens is 164 g/mol. The van der Waals surface area contributed by atoms with Gasteiger partial charge in [-0.2, -0.15) is 0 Å². The van der Waals surface area contributed by atoms with Crippen LogP contribution in [-0.2, 0) is 0 Å². The van der Waals surface area contributed by atoms with Gasteiger partial charge in [0.15, 0.2) is 6.35 Å². The first-order valence-corrected chi connectivity index (χ1v) is 4.46. The van der Waals surface area contributed by atoms with Crippen LogP contribution < -0.4 is 5.32 Å². The highest BCUT2D eigenvalue weighted by Crippen LogP contribution is 2.19. The first-order chi connectivity index (χ1) is 6.27. The minimum atomic E-state index is -0.509. The van der Waals surface area contributed by atoms with Gasteiger partial charge in [-0.3, -0.25) is 10.2 Å². The Morgan fingerprint density at radius 1 is 1.38 bits per heavy atom. The average Bonchev–Trinajstić information content (AvgIpc) is 2.49. The van der Waals surface area contributed by atoms with Gasteiger partial charge in [0.1, 0.15) is 0 Å². The fourth-order valence-electron chi connectivity index (χ4n) is 1.63. The van der Waals surface area contributed by atoms with Crippen LogP contribution in [0.2, 0.25) is 0 Å². The van der Waals surface area contributed by atoms with Crippen molar-refractivity contribution in [2.24, 2.45) is 0 Å². The molecule has 0 spiro atoms. The molecule has 2 atom stereocenters. The van der Waals surface area contributed by atoms with Crippen LogP contribution in [0.4, 0.5) is 0 Å². The molecule has 1 aliphatic heterocycles. The molecule has 1 fully saturated rings. The summed E-state index contributed by atoms with van der Waals surface area (Å²) in [5.41, 5.74) is 1.23. The highest BCUT2D eigenvalue weighted by atomic mass is 16.3. The van der Waals surface area contributed by atoms with E-state index in [0.717, 1.165) is 6.54 Å². The Morgan fingerprint density at radius 3 is 2.62 bits per heavy atom. The van der Waals surface area contributed by atoms with Crippen molar-refractivity contribution in [2.75, 3.05) is 13.6 Å². The van der Waals surface area contributed by atoms with Crippen molar-refractivity contribution in [1.29, 1.82) is 0 Å². The Labute approximate surface area is 78.0 Å². The molecule has 0 aliphatic carbocycles. The molecule has 0 aromatic heterocycles. The Kier molecular flexibility index (Phi) is 2.31.